The Morgan fingerprint density at radius 3 is 2.57 bits per heavy atom. The Morgan fingerprint density at radius 2 is 1.90 bits per heavy atom. The number of aromatic hydroxyl groups is 1. The molecule has 1 aliphatic rings. The van der Waals surface area contributed by atoms with Gasteiger partial charge in [-0.2, -0.15) is 13.2 Å². The van der Waals surface area contributed by atoms with Crippen LogP contribution in [0.5, 0.6) is 5.75 Å². The van der Waals surface area contributed by atoms with Gasteiger partial charge in [0.25, 0.3) is 0 Å². The number of nitrogens with zero attached hydrogens (tertiary/aromatic N) is 1. The number of benzene rings is 1. The lowest BCUT2D eigenvalue weighted by atomic mass is 9.85. The zero-order valence-electron chi connectivity index (χ0n) is 12.5. The van der Waals surface area contributed by atoms with E-state index in [2.05, 4.69) is 18.7 Å². The minimum Gasteiger partial charge on any atom is -0.507 e. The maximum absolute atomic E-state index is 12.8. The van der Waals surface area contributed by atoms with Crippen LogP contribution in [0.25, 0.3) is 0 Å². The molecule has 1 N–H and O–H groups in total. The van der Waals surface area contributed by atoms with Crippen LogP contribution in [0.4, 0.5) is 13.2 Å². The summed E-state index contributed by atoms with van der Waals surface area (Å²) in [5.74, 6) is -0.705. The van der Waals surface area contributed by atoms with Gasteiger partial charge in [0.05, 0.1) is 5.56 Å². The number of phenolic OH excluding ortho intramolecular Hbond substituents is 1. The molecule has 1 aromatic carbocycles. The third kappa shape index (κ3) is 4.37. The average molecular weight is 301 g/mol. The summed E-state index contributed by atoms with van der Waals surface area (Å²) in [5.41, 5.74) is -0.0455. The van der Waals surface area contributed by atoms with Crippen LogP contribution in [-0.2, 0) is 12.7 Å². The molecule has 1 fully saturated rings. The molecule has 0 saturated carbocycles. The van der Waals surface area contributed by atoms with Crippen molar-refractivity contribution in [2.75, 3.05) is 13.1 Å². The Morgan fingerprint density at radius 1 is 1.19 bits per heavy atom. The lowest BCUT2D eigenvalue weighted by Gasteiger charge is -2.23. The van der Waals surface area contributed by atoms with Crippen molar-refractivity contribution in [2.24, 2.45) is 5.41 Å². The quantitative estimate of drug-likeness (QED) is 0.874. The Labute approximate surface area is 123 Å². The van der Waals surface area contributed by atoms with E-state index in [0.29, 0.717) is 17.5 Å². The van der Waals surface area contributed by atoms with Crippen molar-refractivity contribution in [2.45, 2.75) is 45.8 Å². The van der Waals surface area contributed by atoms with Crippen molar-refractivity contribution < 1.29 is 18.3 Å². The topological polar surface area (TPSA) is 23.5 Å². The molecule has 0 spiro atoms. The zero-order chi connectivity index (χ0) is 15.7. The summed E-state index contributed by atoms with van der Waals surface area (Å²) in [5, 5.41) is 9.36. The molecule has 1 heterocycles. The highest BCUT2D eigenvalue weighted by Crippen LogP contribution is 2.36. The maximum atomic E-state index is 12.8. The van der Waals surface area contributed by atoms with Crippen LogP contribution in [0.3, 0.4) is 0 Å². The summed E-state index contributed by atoms with van der Waals surface area (Å²) in [6, 6.07) is 3.77. The first-order chi connectivity index (χ1) is 9.67. The number of hydrogen-bond acceptors (Lipinski definition) is 2. The van der Waals surface area contributed by atoms with Gasteiger partial charge in [0, 0.05) is 6.54 Å². The molecule has 2 nitrogen and oxygen atoms in total. The highest BCUT2D eigenvalue weighted by atomic mass is 19.4. The fraction of sp³-hybridized carbons (Fsp3) is 0.625. The highest BCUT2D eigenvalue weighted by Gasteiger charge is 2.34. The normalized spacial score (nSPS) is 20.2. The van der Waals surface area contributed by atoms with Crippen molar-refractivity contribution in [3.63, 3.8) is 0 Å². The Bertz CT molecular complexity index is 497. The minimum absolute atomic E-state index is 0.306. The van der Waals surface area contributed by atoms with Gasteiger partial charge in [0.15, 0.2) is 0 Å². The summed E-state index contributed by atoms with van der Waals surface area (Å²) in [7, 11) is 0. The van der Waals surface area contributed by atoms with Gasteiger partial charge in [-0.25, -0.2) is 0 Å². The lowest BCUT2D eigenvalue weighted by Crippen LogP contribution is -2.25. The van der Waals surface area contributed by atoms with Crippen molar-refractivity contribution in [1.82, 2.24) is 4.90 Å². The molecule has 0 radical (unpaired) electrons. The Kier molecular flexibility index (Phi) is 4.51. The van der Waals surface area contributed by atoms with E-state index >= 15 is 0 Å². The SMILES string of the molecule is CC1(C)CCCN(Cc2ccc(O)c(C(F)(F)F)c2)CC1. The molecule has 1 aliphatic heterocycles. The van der Waals surface area contributed by atoms with E-state index in [1.54, 1.807) is 6.07 Å². The second kappa shape index (κ2) is 5.87. The molecule has 0 aromatic heterocycles. The predicted molar refractivity (Wildman–Crippen MR) is 76.0 cm³/mol. The van der Waals surface area contributed by atoms with Gasteiger partial charge in [-0.15, -0.1) is 0 Å². The molecular weight excluding hydrogens is 279 g/mol. The lowest BCUT2D eigenvalue weighted by molar-refractivity contribution is -0.138. The molecule has 118 valence electrons. The van der Waals surface area contributed by atoms with Crippen LogP contribution in [0.2, 0.25) is 0 Å². The van der Waals surface area contributed by atoms with Crippen molar-refractivity contribution in [3.05, 3.63) is 29.3 Å². The second-order valence-electron chi connectivity index (χ2n) is 6.64. The fourth-order valence-corrected chi connectivity index (χ4v) is 2.80. The van der Waals surface area contributed by atoms with Crippen LogP contribution >= 0.6 is 0 Å². The second-order valence-corrected chi connectivity index (χ2v) is 6.64. The minimum atomic E-state index is -4.51. The van der Waals surface area contributed by atoms with Gasteiger partial charge in [0.1, 0.15) is 5.75 Å². The van der Waals surface area contributed by atoms with Crippen LogP contribution in [-0.4, -0.2) is 23.1 Å². The largest absolute Gasteiger partial charge is 0.507 e. The van der Waals surface area contributed by atoms with Gasteiger partial charge in [-0.1, -0.05) is 19.9 Å². The third-order valence-electron chi connectivity index (χ3n) is 4.21. The Hall–Kier alpha value is -1.23. The molecule has 1 aromatic rings. The van der Waals surface area contributed by atoms with Gasteiger partial charge in [0.2, 0.25) is 0 Å². The van der Waals surface area contributed by atoms with E-state index in [0.717, 1.165) is 44.5 Å². The van der Waals surface area contributed by atoms with Gasteiger partial charge in [-0.3, -0.25) is 4.90 Å². The average Bonchev–Trinajstić information content (AvgIpc) is 2.52. The van der Waals surface area contributed by atoms with Crippen molar-refractivity contribution >= 4 is 0 Å². The molecule has 0 bridgehead atoms. The smallest absolute Gasteiger partial charge is 0.419 e. The molecule has 2 rings (SSSR count). The Balaban J connectivity index is 2.10. The van der Waals surface area contributed by atoms with E-state index in [9.17, 15) is 18.3 Å². The van der Waals surface area contributed by atoms with Crippen LogP contribution < -0.4 is 0 Å². The number of rotatable bonds is 2. The first-order valence-corrected chi connectivity index (χ1v) is 7.29. The molecular formula is C16H22F3NO. The molecule has 5 heteroatoms. The monoisotopic (exact) mass is 301 g/mol. The maximum Gasteiger partial charge on any atom is 0.419 e. The van der Waals surface area contributed by atoms with Crippen LogP contribution in [0, 0.1) is 5.41 Å². The number of halogens is 3. The molecule has 21 heavy (non-hydrogen) atoms. The zero-order valence-corrected chi connectivity index (χ0v) is 12.5. The highest BCUT2D eigenvalue weighted by molar-refractivity contribution is 5.38. The van der Waals surface area contributed by atoms with Gasteiger partial charge in [-0.05, 0) is 55.5 Å². The predicted octanol–water partition coefficient (Wildman–Crippen LogP) is 4.42. The third-order valence-corrected chi connectivity index (χ3v) is 4.21. The summed E-state index contributed by atoms with van der Waals surface area (Å²) in [6.45, 7) is 6.78. The standard InChI is InChI=1S/C16H22F3NO/c1-15(2)6-3-8-20(9-7-15)11-12-4-5-14(21)13(10-12)16(17,18)19/h4-5,10,21H,3,6-9,11H2,1-2H3. The van der Waals surface area contributed by atoms with Crippen molar-refractivity contribution in [1.29, 1.82) is 0 Å². The molecule has 0 atom stereocenters. The van der Waals surface area contributed by atoms with Crippen molar-refractivity contribution in [3.8, 4) is 5.75 Å². The fourth-order valence-electron chi connectivity index (χ4n) is 2.80. The summed E-state index contributed by atoms with van der Waals surface area (Å²) in [6.07, 6.45) is -1.25. The van der Waals surface area contributed by atoms with E-state index in [-0.39, 0.29) is 0 Å². The van der Waals surface area contributed by atoms with E-state index in [1.807, 2.05) is 0 Å². The van der Waals surface area contributed by atoms with Gasteiger partial charge < -0.3 is 5.11 Å². The van der Waals surface area contributed by atoms with Crippen LogP contribution in [0.15, 0.2) is 18.2 Å². The first-order valence-electron chi connectivity index (χ1n) is 7.29. The molecule has 0 amide bonds. The molecule has 0 aliphatic carbocycles. The number of alkyl halides is 3. The van der Waals surface area contributed by atoms with E-state index < -0.39 is 17.5 Å². The van der Waals surface area contributed by atoms with Crippen LogP contribution in [0.1, 0.15) is 44.2 Å². The van der Waals surface area contributed by atoms with E-state index in [1.165, 1.54) is 0 Å². The summed E-state index contributed by atoms with van der Waals surface area (Å²) in [4.78, 5) is 2.20. The summed E-state index contributed by atoms with van der Waals surface area (Å²) < 4.78 is 38.4. The number of hydrogen-bond donors (Lipinski definition) is 1. The molecule has 0 unspecified atom stereocenters. The first kappa shape index (κ1) is 16.1. The molecule has 1 saturated heterocycles. The summed E-state index contributed by atoms with van der Waals surface area (Å²) >= 11 is 0. The van der Waals surface area contributed by atoms with Gasteiger partial charge >= 0.3 is 6.18 Å². The van der Waals surface area contributed by atoms with E-state index in [4.69, 9.17) is 0 Å². The number of phenols is 1. The number of likely N-dealkylation sites (tertiary alicyclic amines) is 1.